The summed E-state index contributed by atoms with van der Waals surface area (Å²) in [5.41, 5.74) is 5.23. The lowest BCUT2D eigenvalue weighted by molar-refractivity contribution is 0.862. The van der Waals surface area contributed by atoms with Crippen LogP contribution in [0, 0.1) is 27.7 Å². The predicted molar refractivity (Wildman–Crippen MR) is 138 cm³/mol. The minimum atomic E-state index is -0.139. The van der Waals surface area contributed by atoms with Crippen LogP contribution in [-0.4, -0.2) is 29.7 Å². The molecular formula is C25H24N6OS2. The molecule has 9 heteroatoms. The minimum absolute atomic E-state index is 0.0950. The van der Waals surface area contributed by atoms with Crippen LogP contribution in [0.15, 0.2) is 52.7 Å². The van der Waals surface area contributed by atoms with Gasteiger partial charge < -0.3 is 4.98 Å². The van der Waals surface area contributed by atoms with Gasteiger partial charge in [-0.25, -0.2) is 4.98 Å². The van der Waals surface area contributed by atoms with E-state index in [1.807, 2.05) is 32.9 Å². The van der Waals surface area contributed by atoms with Gasteiger partial charge in [-0.3, -0.25) is 14.3 Å². The van der Waals surface area contributed by atoms with Crippen molar-refractivity contribution in [1.29, 1.82) is 0 Å². The third-order valence-corrected chi connectivity index (χ3v) is 8.20. The van der Waals surface area contributed by atoms with Crippen molar-refractivity contribution in [3.05, 3.63) is 80.5 Å². The highest BCUT2D eigenvalue weighted by atomic mass is 32.2. The van der Waals surface area contributed by atoms with Gasteiger partial charge in [0.2, 0.25) is 0 Å². The second kappa shape index (κ2) is 8.81. The lowest BCUT2D eigenvalue weighted by Gasteiger charge is -2.14. The summed E-state index contributed by atoms with van der Waals surface area (Å²) in [6, 6.07) is 10.2. The topological polar surface area (TPSA) is 89.4 Å². The maximum Gasteiger partial charge on any atom is 0.259 e. The Morgan fingerprint density at radius 2 is 1.79 bits per heavy atom. The van der Waals surface area contributed by atoms with E-state index in [-0.39, 0.29) is 10.8 Å². The molecule has 0 radical (unpaired) electrons. The van der Waals surface area contributed by atoms with E-state index < -0.39 is 0 Å². The standard InChI is InChI=1S/C25H24N6OS2/c1-13-6-7-19(12-14(13)2)31-22(18-8-10-26-11-9-18)29-30-25(31)34-17(5)21-27-23(32)20-15(3)16(4)33-24(20)28-21/h6-12,17H,1-5H3,(H,27,28,32)/t17-/m1/s1. The number of aromatic nitrogens is 6. The number of benzene rings is 1. The van der Waals surface area contributed by atoms with Gasteiger partial charge in [0.25, 0.3) is 5.56 Å². The monoisotopic (exact) mass is 488 g/mol. The average Bonchev–Trinajstić information content (AvgIpc) is 3.36. The number of thiophene rings is 1. The third kappa shape index (κ3) is 3.95. The fraction of sp³-hybridized carbons (Fsp3) is 0.240. The zero-order valence-corrected chi connectivity index (χ0v) is 21.2. The van der Waals surface area contributed by atoms with Crippen LogP contribution in [0.5, 0.6) is 0 Å². The molecule has 1 aromatic carbocycles. The summed E-state index contributed by atoms with van der Waals surface area (Å²) < 4.78 is 2.05. The van der Waals surface area contributed by atoms with E-state index in [0.717, 1.165) is 37.5 Å². The number of pyridine rings is 1. The first-order valence-corrected chi connectivity index (χ1v) is 12.6. The van der Waals surface area contributed by atoms with Gasteiger partial charge in [-0.1, -0.05) is 17.8 Å². The van der Waals surface area contributed by atoms with Crippen molar-refractivity contribution in [2.75, 3.05) is 0 Å². The van der Waals surface area contributed by atoms with E-state index in [0.29, 0.717) is 11.2 Å². The molecule has 5 rings (SSSR count). The number of hydrogen-bond acceptors (Lipinski definition) is 7. The van der Waals surface area contributed by atoms with Crippen molar-refractivity contribution in [2.45, 2.75) is 45.0 Å². The molecule has 0 unspecified atom stereocenters. The van der Waals surface area contributed by atoms with Gasteiger partial charge in [0.1, 0.15) is 10.7 Å². The fourth-order valence-corrected chi connectivity index (χ4v) is 5.77. The molecule has 0 aliphatic carbocycles. The van der Waals surface area contributed by atoms with Crippen LogP contribution in [-0.2, 0) is 0 Å². The van der Waals surface area contributed by atoms with Gasteiger partial charge in [-0.05, 0) is 75.6 Å². The molecule has 34 heavy (non-hydrogen) atoms. The number of H-pyrrole nitrogens is 1. The summed E-state index contributed by atoms with van der Waals surface area (Å²) >= 11 is 3.07. The van der Waals surface area contributed by atoms with E-state index in [9.17, 15) is 4.79 Å². The smallest absolute Gasteiger partial charge is 0.259 e. The molecule has 0 spiro atoms. The summed E-state index contributed by atoms with van der Waals surface area (Å²) in [5.74, 6) is 1.37. The number of rotatable bonds is 5. The number of fused-ring (bicyclic) bond motifs is 1. The molecule has 0 saturated heterocycles. The zero-order chi connectivity index (χ0) is 24.0. The Balaban J connectivity index is 1.59. The Bertz CT molecular complexity index is 1570. The van der Waals surface area contributed by atoms with E-state index in [4.69, 9.17) is 4.98 Å². The molecule has 0 fully saturated rings. The Morgan fingerprint density at radius 3 is 2.53 bits per heavy atom. The Morgan fingerprint density at radius 1 is 1.03 bits per heavy atom. The highest BCUT2D eigenvalue weighted by Gasteiger charge is 2.22. The van der Waals surface area contributed by atoms with Crippen molar-refractivity contribution in [3.63, 3.8) is 0 Å². The largest absolute Gasteiger partial charge is 0.309 e. The molecule has 0 aliphatic heterocycles. The van der Waals surface area contributed by atoms with Crippen LogP contribution in [0.4, 0.5) is 0 Å². The third-order valence-electron chi connectivity index (χ3n) is 6.05. The molecule has 1 atom stereocenters. The van der Waals surface area contributed by atoms with Crippen molar-refractivity contribution in [2.24, 2.45) is 0 Å². The van der Waals surface area contributed by atoms with Crippen molar-refractivity contribution in [3.8, 4) is 17.1 Å². The van der Waals surface area contributed by atoms with Crippen LogP contribution >= 0.6 is 23.1 Å². The molecule has 0 bridgehead atoms. The molecule has 0 amide bonds. The summed E-state index contributed by atoms with van der Waals surface area (Å²) in [6.45, 7) is 10.2. The summed E-state index contributed by atoms with van der Waals surface area (Å²) in [7, 11) is 0. The Labute approximate surface area is 205 Å². The predicted octanol–water partition coefficient (Wildman–Crippen LogP) is 5.71. The minimum Gasteiger partial charge on any atom is -0.309 e. The molecule has 0 aliphatic rings. The molecule has 5 aromatic rings. The highest BCUT2D eigenvalue weighted by Crippen LogP contribution is 2.37. The van der Waals surface area contributed by atoms with Gasteiger partial charge in [-0.15, -0.1) is 21.5 Å². The van der Waals surface area contributed by atoms with Crippen LogP contribution in [0.1, 0.15) is 39.6 Å². The number of aromatic amines is 1. The van der Waals surface area contributed by atoms with Crippen LogP contribution in [0.3, 0.4) is 0 Å². The first kappa shape index (κ1) is 22.5. The molecule has 4 aromatic heterocycles. The van der Waals surface area contributed by atoms with E-state index >= 15 is 0 Å². The maximum absolute atomic E-state index is 12.8. The van der Waals surface area contributed by atoms with Crippen molar-refractivity contribution >= 4 is 33.3 Å². The number of aryl methyl sites for hydroxylation is 4. The number of nitrogens with zero attached hydrogens (tertiary/aromatic N) is 5. The second-order valence-electron chi connectivity index (χ2n) is 8.32. The summed E-state index contributed by atoms with van der Waals surface area (Å²) in [6.07, 6.45) is 3.50. The SMILES string of the molecule is Cc1ccc(-n2c(S[C@H](C)c3nc4sc(C)c(C)c4c(=O)[nH]3)nnc2-c2ccncc2)cc1C. The molecule has 172 valence electrons. The number of hydrogen-bond donors (Lipinski definition) is 1. The van der Waals surface area contributed by atoms with E-state index in [1.165, 1.54) is 22.9 Å². The normalized spacial score (nSPS) is 12.4. The second-order valence-corrected chi connectivity index (χ2v) is 10.8. The summed E-state index contributed by atoms with van der Waals surface area (Å²) in [5, 5.41) is 10.3. The van der Waals surface area contributed by atoms with Gasteiger partial charge >= 0.3 is 0 Å². The van der Waals surface area contributed by atoms with Gasteiger partial charge in [-0.2, -0.15) is 0 Å². The first-order valence-electron chi connectivity index (χ1n) is 10.9. The van der Waals surface area contributed by atoms with Gasteiger partial charge in [0.15, 0.2) is 11.0 Å². The van der Waals surface area contributed by atoms with Gasteiger partial charge in [0, 0.05) is 22.8 Å². The van der Waals surface area contributed by atoms with E-state index in [2.05, 4.69) is 56.8 Å². The highest BCUT2D eigenvalue weighted by molar-refractivity contribution is 7.99. The fourth-order valence-electron chi connectivity index (χ4n) is 3.81. The van der Waals surface area contributed by atoms with Crippen LogP contribution in [0.25, 0.3) is 27.3 Å². The van der Waals surface area contributed by atoms with Crippen molar-refractivity contribution in [1.82, 2.24) is 29.7 Å². The van der Waals surface area contributed by atoms with Crippen molar-refractivity contribution < 1.29 is 0 Å². The lowest BCUT2D eigenvalue weighted by atomic mass is 10.1. The Hall–Kier alpha value is -3.30. The molecule has 4 heterocycles. The molecular weight excluding hydrogens is 464 g/mol. The van der Waals surface area contributed by atoms with Crippen LogP contribution in [0.2, 0.25) is 0 Å². The maximum atomic E-state index is 12.8. The Kier molecular flexibility index (Phi) is 5.83. The number of thioether (sulfide) groups is 1. The zero-order valence-electron chi connectivity index (χ0n) is 19.6. The summed E-state index contributed by atoms with van der Waals surface area (Å²) in [4.78, 5) is 26.6. The molecule has 0 saturated carbocycles. The van der Waals surface area contributed by atoms with E-state index in [1.54, 1.807) is 23.7 Å². The number of nitrogens with one attached hydrogen (secondary N) is 1. The molecule has 1 N–H and O–H groups in total. The quantitative estimate of drug-likeness (QED) is 0.319. The first-order chi connectivity index (χ1) is 16.3. The van der Waals surface area contributed by atoms with Crippen LogP contribution < -0.4 is 5.56 Å². The average molecular weight is 489 g/mol. The van der Waals surface area contributed by atoms with Gasteiger partial charge in [0.05, 0.1) is 16.3 Å². The lowest BCUT2D eigenvalue weighted by Crippen LogP contribution is -2.12. The molecule has 7 nitrogen and oxygen atoms in total.